The predicted molar refractivity (Wildman–Crippen MR) is 71.9 cm³/mol. The number of sulfonamides is 1. The van der Waals surface area contributed by atoms with Crippen molar-refractivity contribution in [2.75, 3.05) is 32.5 Å². The summed E-state index contributed by atoms with van der Waals surface area (Å²) in [4.78, 5) is -0.0258. The van der Waals surface area contributed by atoms with E-state index < -0.39 is 10.0 Å². The first-order valence-electron chi connectivity index (χ1n) is 5.76. The number of nitriles is 1. The average Bonchev–Trinajstić information content (AvgIpc) is 2.38. The van der Waals surface area contributed by atoms with E-state index >= 15 is 0 Å². The molecule has 7 heteroatoms. The maximum absolute atomic E-state index is 12.4. The Bertz CT molecular complexity index is 578. The van der Waals surface area contributed by atoms with Crippen LogP contribution in [0.1, 0.15) is 12.5 Å². The monoisotopic (exact) mass is 283 g/mol. The van der Waals surface area contributed by atoms with Crippen LogP contribution in [-0.2, 0) is 14.8 Å². The number of benzene rings is 1. The number of anilines is 1. The molecule has 0 aromatic heterocycles. The zero-order valence-electron chi connectivity index (χ0n) is 11.0. The number of hydrogen-bond donors (Lipinski definition) is 1. The third kappa shape index (κ3) is 3.44. The summed E-state index contributed by atoms with van der Waals surface area (Å²) in [6, 6.07) is 6.05. The number of methoxy groups -OCH3 is 1. The molecule has 0 saturated heterocycles. The van der Waals surface area contributed by atoms with Crippen LogP contribution in [0.5, 0.6) is 0 Å². The lowest BCUT2D eigenvalue weighted by Gasteiger charge is -2.20. The predicted octanol–water partition coefficient (Wildman–Crippen LogP) is 0.797. The van der Waals surface area contributed by atoms with Gasteiger partial charge in [0.05, 0.1) is 12.2 Å². The van der Waals surface area contributed by atoms with Crippen molar-refractivity contribution in [3.63, 3.8) is 0 Å². The van der Waals surface area contributed by atoms with E-state index in [9.17, 15) is 8.42 Å². The highest BCUT2D eigenvalue weighted by atomic mass is 32.2. The molecule has 0 amide bonds. The first-order valence-corrected chi connectivity index (χ1v) is 7.20. The van der Waals surface area contributed by atoms with Gasteiger partial charge in [-0.05, 0) is 18.2 Å². The van der Waals surface area contributed by atoms with Crippen molar-refractivity contribution in [2.45, 2.75) is 11.8 Å². The second-order valence-corrected chi connectivity index (χ2v) is 5.76. The summed E-state index contributed by atoms with van der Waals surface area (Å²) >= 11 is 0. The third-order valence-electron chi connectivity index (χ3n) is 2.64. The number of rotatable bonds is 6. The van der Waals surface area contributed by atoms with Gasteiger partial charge < -0.3 is 10.5 Å². The number of nitrogens with zero attached hydrogens (tertiary/aromatic N) is 2. The summed E-state index contributed by atoms with van der Waals surface area (Å²) in [5.41, 5.74) is 5.96. The first-order chi connectivity index (χ1) is 8.97. The van der Waals surface area contributed by atoms with Gasteiger partial charge in [0, 0.05) is 25.9 Å². The molecule has 0 aliphatic rings. The van der Waals surface area contributed by atoms with Crippen LogP contribution in [0.3, 0.4) is 0 Å². The third-order valence-corrected chi connectivity index (χ3v) is 4.67. The maximum atomic E-state index is 12.4. The minimum absolute atomic E-state index is 0.0258. The molecule has 104 valence electrons. The number of ether oxygens (including phenoxy) is 1. The molecule has 0 saturated carbocycles. The van der Waals surface area contributed by atoms with E-state index in [0.717, 1.165) is 0 Å². The number of nitrogens with two attached hydrogens (primary N) is 1. The Kier molecular flexibility index (Phi) is 5.30. The first kappa shape index (κ1) is 15.4. The van der Waals surface area contributed by atoms with Crippen molar-refractivity contribution in [2.24, 2.45) is 0 Å². The second kappa shape index (κ2) is 6.52. The fraction of sp³-hybridized carbons (Fsp3) is 0.417. The van der Waals surface area contributed by atoms with Gasteiger partial charge in [-0.1, -0.05) is 6.92 Å². The lowest BCUT2D eigenvalue weighted by molar-refractivity contribution is 0.180. The molecular weight excluding hydrogens is 266 g/mol. The van der Waals surface area contributed by atoms with E-state index in [2.05, 4.69) is 0 Å². The summed E-state index contributed by atoms with van der Waals surface area (Å²) in [6.45, 7) is 2.58. The SMILES string of the molecule is CCN(CCOC)S(=O)(=O)c1ccc(N)cc1C#N. The van der Waals surface area contributed by atoms with Gasteiger partial charge in [-0.3, -0.25) is 0 Å². The zero-order valence-corrected chi connectivity index (χ0v) is 11.8. The molecule has 0 heterocycles. The van der Waals surface area contributed by atoms with Crippen molar-refractivity contribution in [3.8, 4) is 6.07 Å². The van der Waals surface area contributed by atoms with E-state index in [1.54, 1.807) is 6.92 Å². The number of likely N-dealkylation sites (N-methyl/N-ethyl adjacent to an activating group) is 1. The number of nitrogen functional groups attached to an aromatic ring is 1. The van der Waals surface area contributed by atoms with Gasteiger partial charge in [0.2, 0.25) is 10.0 Å². The molecule has 2 N–H and O–H groups in total. The van der Waals surface area contributed by atoms with E-state index in [-0.39, 0.29) is 17.0 Å². The molecule has 0 unspecified atom stereocenters. The van der Waals surface area contributed by atoms with E-state index in [4.69, 9.17) is 15.7 Å². The molecule has 19 heavy (non-hydrogen) atoms. The Balaban J connectivity index is 3.22. The average molecular weight is 283 g/mol. The molecule has 6 nitrogen and oxygen atoms in total. The Hall–Kier alpha value is -1.62. The molecule has 0 spiro atoms. The van der Waals surface area contributed by atoms with Crippen LogP contribution in [0, 0.1) is 11.3 Å². The molecule has 1 aromatic carbocycles. The summed E-state index contributed by atoms with van der Waals surface area (Å²) in [5, 5.41) is 9.02. The highest BCUT2D eigenvalue weighted by Gasteiger charge is 2.25. The summed E-state index contributed by atoms with van der Waals surface area (Å²) in [6.07, 6.45) is 0. The fourth-order valence-corrected chi connectivity index (χ4v) is 3.20. The summed E-state index contributed by atoms with van der Waals surface area (Å²) < 4.78 is 31.0. The van der Waals surface area contributed by atoms with E-state index in [1.165, 1.54) is 29.6 Å². The molecule has 0 bridgehead atoms. The van der Waals surface area contributed by atoms with Crippen LogP contribution in [0.4, 0.5) is 5.69 Å². The van der Waals surface area contributed by atoms with Crippen LogP contribution in [0.25, 0.3) is 0 Å². The molecule has 1 aromatic rings. The summed E-state index contributed by atoms with van der Waals surface area (Å²) in [5.74, 6) is 0. The van der Waals surface area contributed by atoms with Gasteiger partial charge in [0.1, 0.15) is 11.0 Å². The van der Waals surface area contributed by atoms with Gasteiger partial charge in [-0.2, -0.15) is 9.57 Å². The quantitative estimate of drug-likeness (QED) is 0.779. The Morgan fingerprint density at radius 3 is 2.68 bits per heavy atom. The van der Waals surface area contributed by atoms with Crippen molar-refractivity contribution in [1.82, 2.24) is 4.31 Å². The lowest BCUT2D eigenvalue weighted by atomic mass is 10.2. The molecule has 0 fully saturated rings. The van der Waals surface area contributed by atoms with Gasteiger partial charge in [-0.25, -0.2) is 8.42 Å². The zero-order chi connectivity index (χ0) is 14.5. The molecule has 0 atom stereocenters. The van der Waals surface area contributed by atoms with Crippen LogP contribution in [0.2, 0.25) is 0 Å². The van der Waals surface area contributed by atoms with Crippen molar-refractivity contribution >= 4 is 15.7 Å². The topological polar surface area (TPSA) is 96.4 Å². The second-order valence-electron chi connectivity index (χ2n) is 3.86. The van der Waals surface area contributed by atoms with Gasteiger partial charge in [0.25, 0.3) is 0 Å². The van der Waals surface area contributed by atoms with Gasteiger partial charge >= 0.3 is 0 Å². The van der Waals surface area contributed by atoms with Crippen molar-refractivity contribution in [3.05, 3.63) is 23.8 Å². The van der Waals surface area contributed by atoms with Crippen LogP contribution in [0.15, 0.2) is 23.1 Å². The van der Waals surface area contributed by atoms with Crippen molar-refractivity contribution < 1.29 is 13.2 Å². The Labute approximate surface area is 113 Å². The Morgan fingerprint density at radius 1 is 1.47 bits per heavy atom. The molecular formula is C12H17N3O3S. The highest BCUT2D eigenvalue weighted by molar-refractivity contribution is 7.89. The maximum Gasteiger partial charge on any atom is 0.244 e. The molecule has 1 rings (SSSR count). The van der Waals surface area contributed by atoms with Gasteiger partial charge in [-0.15, -0.1) is 0 Å². The minimum Gasteiger partial charge on any atom is -0.399 e. The van der Waals surface area contributed by atoms with Crippen LogP contribution in [-0.4, -0.2) is 39.5 Å². The summed E-state index contributed by atoms with van der Waals surface area (Å²) in [7, 11) is -2.20. The number of hydrogen-bond acceptors (Lipinski definition) is 5. The van der Waals surface area contributed by atoms with Gasteiger partial charge in [0.15, 0.2) is 0 Å². The highest BCUT2D eigenvalue weighted by Crippen LogP contribution is 2.21. The molecule has 0 radical (unpaired) electrons. The normalized spacial score (nSPS) is 11.5. The van der Waals surface area contributed by atoms with Crippen LogP contribution >= 0.6 is 0 Å². The Morgan fingerprint density at radius 2 is 2.16 bits per heavy atom. The van der Waals surface area contributed by atoms with Crippen molar-refractivity contribution in [1.29, 1.82) is 5.26 Å². The largest absolute Gasteiger partial charge is 0.399 e. The van der Waals surface area contributed by atoms with Crippen LogP contribution < -0.4 is 5.73 Å². The molecule has 0 aliphatic carbocycles. The standard InChI is InChI=1S/C12H17N3O3S/c1-3-15(6-7-18-2)19(16,17)12-5-4-11(14)8-10(12)9-13/h4-5,8H,3,6-7,14H2,1-2H3. The van der Waals surface area contributed by atoms with E-state index in [1.807, 2.05) is 6.07 Å². The smallest absolute Gasteiger partial charge is 0.244 e. The van der Waals surface area contributed by atoms with E-state index in [0.29, 0.717) is 18.8 Å². The minimum atomic E-state index is -3.71. The lowest BCUT2D eigenvalue weighted by Crippen LogP contribution is -2.34. The molecule has 0 aliphatic heterocycles. The fourth-order valence-electron chi connectivity index (χ4n) is 1.64.